The van der Waals surface area contributed by atoms with Crippen LogP contribution in [-0.2, 0) is 9.47 Å². The normalized spacial score (nSPS) is 17.7. The van der Waals surface area contributed by atoms with Crippen LogP contribution in [0, 0.1) is 6.92 Å². The molecule has 0 saturated heterocycles. The molecule has 1 atom stereocenters. The lowest BCUT2D eigenvalue weighted by Gasteiger charge is -2.32. The van der Waals surface area contributed by atoms with Crippen LogP contribution in [0.3, 0.4) is 0 Å². The Kier molecular flexibility index (Phi) is 4.16. The van der Waals surface area contributed by atoms with E-state index in [1.807, 2.05) is 66.0 Å². The molecule has 3 rings (SSSR count). The maximum absolute atomic E-state index is 5.68. The Hall–Kier alpha value is -2.60. The molecule has 1 aliphatic heterocycles. The van der Waals surface area contributed by atoms with Gasteiger partial charge < -0.3 is 14.4 Å². The molecule has 0 saturated carbocycles. The number of aromatic nitrogens is 3. The van der Waals surface area contributed by atoms with Gasteiger partial charge in [0.25, 0.3) is 0 Å². The van der Waals surface area contributed by atoms with Crippen molar-refractivity contribution in [2.45, 2.75) is 13.2 Å². The third kappa shape index (κ3) is 2.61. The quantitative estimate of drug-likeness (QED) is 0.868. The van der Waals surface area contributed by atoms with Gasteiger partial charge in [-0.25, -0.2) is 0 Å². The van der Waals surface area contributed by atoms with Crippen LogP contribution in [0.15, 0.2) is 48.4 Å². The van der Waals surface area contributed by atoms with Gasteiger partial charge >= 0.3 is 0 Å². The fraction of sp³-hybridized carbons (Fsp3) is 0.294. The monoisotopic (exact) mass is 312 g/mol. The highest BCUT2D eigenvalue weighted by molar-refractivity contribution is 5.67. The smallest absolute Gasteiger partial charge is 0.174 e. The molecular weight excluding hydrogens is 292 g/mol. The van der Waals surface area contributed by atoms with Crippen LogP contribution < -0.4 is 0 Å². The van der Waals surface area contributed by atoms with E-state index in [1.54, 1.807) is 14.2 Å². The van der Waals surface area contributed by atoms with E-state index in [9.17, 15) is 0 Å². The van der Waals surface area contributed by atoms with E-state index in [4.69, 9.17) is 9.47 Å². The van der Waals surface area contributed by atoms with Crippen molar-refractivity contribution in [3.05, 3.63) is 54.2 Å². The number of likely N-dealkylation sites (N-methyl/N-ethyl adjacent to an activating group) is 1. The fourth-order valence-corrected chi connectivity index (χ4v) is 2.76. The average Bonchev–Trinajstić information content (AvgIpc) is 2.96. The second kappa shape index (κ2) is 6.26. The molecule has 0 spiro atoms. The molecule has 2 aromatic rings. The van der Waals surface area contributed by atoms with E-state index < -0.39 is 0 Å². The number of ether oxygens (including phenoxy) is 2. The summed E-state index contributed by atoms with van der Waals surface area (Å²) in [5, 5.41) is 8.60. The predicted octanol–water partition coefficient (Wildman–Crippen LogP) is 2.50. The lowest BCUT2D eigenvalue weighted by molar-refractivity contribution is 0.0446. The Morgan fingerprint density at radius 3 is 2.48 bits per heavy atom. The van der Waals surface area contributed by atoms with Crippen LogP contribution >= 0.6 is 0 Å². The summed E-state index contributed by atoms with van der Waals surface area (Å²) in [5.74, 6) is 2.27. The molecule has 1 aliphatic rings. The van der Waals surface area contributed by atoms with Crippen molar-refractivity contribution >= 4 is 5.70 Å². The number of benzene rings is 1. The molecule has 0 bridgehead atoms. The molecule has 0 aliphatic carbocycles. The average molecular weight is 312 g/mol. The SMILES string of the molecule is COC1=C(n2c(C)nnc2-c2ccccc2)[C@H](OC)N(C)C=C1. The van der Waals surface area contributed by atoms with Crippen LogP contribution in [0.5, 0.6) is 0 Å². The molecule has 23 heavy (non-hydrogen) atoms. The van der Waals surface area contributed by atoms with Crippen molar-refractivity contribution < 1.29 is 9.47 Å². The number of allylic oxidation sites excluding steroid dienone is 1. The maximum atomic E-state index is 5.68. The Bertz CT molecular complexity index is 749. The second-order valence-corrected chi connectivity index (χ2v) is 5.30. The van der Waals surface area contributed by atoms with Gasteiger partial charge in [-0.15, -0.1) is 10.2 Å². The highest BCUT2D eigenvalue weighted by atomic mass is 16.5. The molecular formula is C17H20N4O2. The second-order valence-electron chi connectivity index (χ2n) is 5.30. The molecule has 1 aromatic heterocycles. The van der Waals surface area contributed by atoms with Crippen LogP contribution in [-0.4, -0.2) is 47.2 Å². The molecule has 1 aromatic carbocycles. The van der Waals surface area contributed by atoms with Gasteiger partial charge in [-0.3, -0.25) is 4.57 Å². The number of methoxy groups -OCH3 is 2. The summed E-state index contributed by atoms with van der Waals surface area (Å²) in [5.41, 5.74) is 1.85. The Labute approximate surface area is 135 Å². The Morgan fingerprint density at radius 2 is 1.83 bits per heavy atom. The summed E-state index contributed by atoms with van der Waals surface area (Å²) in [4.78, 5) is 1.98. The molecule has 0 amide bonds. The van der Waals surface area contributed by atoms with E-state index >= 15 is 0 Å². The number of rotatable bonds is 4. The molecule has 0 radical (unpaired) electrons. The molecule has 120 valence electrons. The zero-order chi connectivity index (χ0) is 16.4. The third-order valence-corrected chi connectivity index (χ3v) is 3.86. The predicted molar refractivity (Wildman–Crippen MR) is 88.1 cm³/mol. The maximum Gasteiger partial charge on any atom is 0.174 e. The van der Waals surface area contributed by atoms with Crippen LogP contribution in [0.2, 0.25) is 0 Å². The third-order valence-electron chi connectivity index (χ3n) is 3.86. The van der Waals surface area contributed by atoms with Gasteiger partial charge in [-0.1, -0.05) is 30.3 Å². The molecule has 0 unspecified atom stereocenters. The van der Waals surface area contributed by atoms with E-state index in [0.29, 0.717) is 0 Å². The lowest BCUT2D eigenvalue weighted by Crippen LogP contribution is -2.35. The zero-order valence-electron chi connectivity index (χ0n) is 13.7. The number of aryl methyl sites for hydroxylation is 1. The van der Waals surface area contributed by atoms with E-state index in [1.165, 1.54) is 0 Å². The number of hydrogen-bond donors (Lipinski definition) is 0. The molecule has 2 heterocycles. The summed E-state index contributed by atoms with van der Waals surface area (Å²) in [6.07, 6.45) is 3.56. The summed E-state index contributed by atoms with van der Waals surface area (Å²) in [7, 11) is 5.29. The summed E-state index contributed by atoms with van der Waals surface area (Å²) < 4.78 is 13.2. The van der Waals surface area contributed by atoms with E-state index in [2.05, 4.69) is 10.2 Å². The summed E-state index contributed by atoms with van der Waals surface area (Å²) >= 11 is 0. The van der Waals surface area contributed by atoms with Crippen molar-refractivity contribution in [1.82, 2.24) is 19.7 Å². The topological polar surface area (TPSA) is 52.4 Å². The van der Waals surface area contributed by atoms with Gasteiger partial charge in [0.05, 0.1) is 7.11 Å². The first-order valence-corrected chi connectivity index (χ1v) is 7.36. The number of nitrogens with zero attached hydrogens (tertiary/aromatic N) is 4. The van der Waals surface area contributed by atoms with Crippen molar-refractivity contribution in [2.75, 3.05) is 21.3 Å². The minimum Gasteiger partial charge on any atom is -0.495 e. The highest BCUT2D eigenvalue weighted by Crippen LogP contribution is 2.31. The Morgan fingerprint density at radius 1 is 1.09 bits per heavy atom. The van der Waals surface area contributed by atoms with Gasteiger partial charge in [0.1, 0.15) is 17.3 Å². The van der Waals surface area contributed by atoms with Gasteiger partial charge in [0.15, 0.2) is 12.1 Å². The van der Waals surface area contributed by atoms with Gasteiger partial charge in [-0.2, -0.15) is 0 Å². The van der Waals surface area contributed by atoms with Crippen LogP contribution in [0.25, 0.3) is 17.1 Å². The van der Waals surface area contributed by atoms with Crippen molar-refractivity contribution in [2.24, 2.45) is 0 Å². The van der Waals surface area contributed by atoms with E-state index in [0.717, 1.165) is 28.7 Å². The van der Waals surface area contributed by atoms with Crippen LogP contribution in [0.4, 0.5) is 0 Å². The van der Waals surface area contributed by atoms with Crippen LogP contribution in [0.1, 0.15) is 5.82 Å². The van der Waals surface area contributed by atoms with Crippen molar-refractivity contribution in [3.8, 4) is 11.4 Å². The first-order valence-electron chi connectivity index (χ1n) is 7.36. The van der Waals surface area contributed by atoms with E-state index in [-0.39, 0.29) is 6.23 Å². The standard InChI is InChI=1S/C17H20N4O2/c1-12-18-19-16(13-8-6-5-7-9-13)21(12)15-14(22-3)10-11-20(2)17(15)23-4/h5-11,17H,1-4H3/t17-/m0/s1. The number of hydrogen-bond acceptors (Lipinski definition) is 5. The minimum absolute atomic E-state index is 0.285. The molecule has 6 nitrogen and oxygen atoms in total. The van der Waals surface area contributed by atoms with Gasteiger partial charge in [-0.05, 0) is 13.0 Å². The summed E-state index contributed by atoms with van der Waals surface area (Å²) in [6, 6.07) is 9.96. The van der Waals surface area contributed by atoms with Gasteiger partial charge in [0, 0.05) is 25.9 Å². The summed E-state index contributed by atoms with van der Waals surface area (Å²) in [6.45, 7) is 1.92. The molecule has 0 fully saturated rings. The highest BCUT2D eigenvalue weighted by Gasteiger charge is 2.29. The lowest BCUT2D eigenvalue weighted by atomic mass is 10.1. The molecule has 6 heteroatoms. The van der Waals surface area contributed by atoms with Crippen molar-refractivity contribution in [1.29, 1.82) is 0 Å². The first-order chi connectivity index (χ1) is 11.2. The van der Waals surface area contributed by atoms with Gasteiger partial charge in [0.2, 0.25) is 0 Å². The Balaban J connectivity index is 2.22. The van der Waals surface area contributed by atoms with Crippen molar-refractivity contribution in [3.63, 3.8) is 0 Å². The molecule has 0 N–H and O–H groups in total. The first kappa shape index (κ1) is 15.3. The zero-order valence-corrected chi connectivity index (χ0v) is 13.7. The largest absolute Gasteiger partial charge is 0.495 e. The minimum atomic E-state index is -0.285. The fourth-order valence-electron chi connectivity index (χ4n) is 2.76.